The van der Waals surface area contributed by atoms with E-state index in [0.29, 0.717) is 0 Å². The number of pyridine rings is 3. The third kappa shape index (κ3) is 9.59. The number of benzene rings is 6. The van der Waals surface area contributed by atoms with Crippen molar-refractivity contribution < 1.29 is 20.1 Å². The molecule has 3 heterocycles. The molecule has 0 spiro atoms. The monoisotopic (exact) mass is 935 g/mol. The molecule has 0 aliphatic heterocycles. The molecule has 0 saturated heterocycles. The predicted octanol–water partition coefficient (Wildman–Crippen LogP) is 12.8. The van der Waals surface area contributed by atoms with E-state index in [9.17, 15) is 0 Å². The van der Waals surface area contributed by atoms with Crippen LogP contribution in [0.2, 0.25) is 0 Å². The van der Waals surface area contributed by atoms with Crippen molar-refractivity contribution in [3.8, 4) is 67.2 Å². The van der Waals surface area contributed by atoms with Crippen LogP contribution in [0.15, 0.2) is 195 Å². The number of aryl methyl sites for hydroxylation is 4. The Bertz CT molecular complexity index is 2630. The van der Waals surface area contributed by atoms with E-state index in [0.717, 1.165) is 81.7 Å². The van der Waals surface area contributed by atoms with Crippen molar-refractivity contribution >= 4 is 0 Å². The minimum Gasteiger partial charge on any atom is -0.304 e. The van der Waals surface area contributed by atoms with Gasteiger partial charge < -0.3 is 9.97 Å². The topological polar surface area (TPSA) is 38.7 Å². The number of nitrogens with zero attached hydrogens (tertiary/aromatic N) is 3. The fourth-order valence-electron chi connectivity index (χ4n) is 7.46. The summed E-state index contributed by atoms with van der Waals surface area (Å²) in [5.41, 5.74) is 17.6. The van der Waals surface area contributed by atoms with Gasteiger partial charge in [0.1, 0.15) is 0 Å². The van der Waals surface area contributed by atoms with E-state index in [1.165, 1.54) is 33.4 Å². The summed E-state index contributed by atoms with van der Waals surface area (Å²) in [5.74, 6) is 0. The first-order valence-electron chi connectivity index (χ1n) is 19.8. The second-order valence-electron chi connectivity index (χ2n) is 14.5. The Morgan fingerprint density at radius 3 is 1.37 bits per heavy atom. The Morgan fingerprint density at radius 1 is 0.339 bits per heavy atom. The third-order valence-electron chi connectivity index (χ3n) is 10.5. The largest absolute Gasteiger partial charge is 3.00 e. The second-order valence-corrected chi connectivity index (χ2v) is 14.5. The first kappa shape index (κ1) is 39.3. The number of hydrogen-bond donors (Lipinski definition) is 0. The van der Waals surface area contributed by atoms with Gasteiger partial charge in [0.2, 0.25) is 0 Å². The third-order valence-corrected chi connectivity index (χ3v) is 10.5. The van der Waals surface area contributed by atoms with Crippen LogP contribution in [0.4, 0.5) is 0 Å². The number of rotatable bonds is 12. The summed E-state index contributed by atoms with van der Waals surface area (Å²) in [6.45, 7) is 0. The fourth-order valence-corrected chi connectivity index (χ4v) is 7.46. The maximum Gasteiger partial charge on any atom is 3.00 e. The van der Waals surface area contributed by atoms with Crippen molar-refractivity contribution in [3.63, 3.8) is 0 Å². The van der Waals surface area contributed by atoms with Crippen LogP contribution >= 0.6 is 0 Å². The summed E-state index contributed by atoms with van der Waals surface area (Å²) in [6, 6.07) is 71.4. The Balaban J connectivity index is 0.00000484. The van der Waals surface area contributed by atoms with Gasteiger partial charge in [0.05, 0.1) is 0 Å². The van der Waals surface area contributed by atoms with Gasteiger partial charge in [-0.2, -0.15) is 0 Å². The molecule has 59 heavy (non-hydrogen) atoms. The molecular weight excluding hydrogens is 895 g/mol. The van der Waals surface area contributed by atoms with E-state index in [1.54, 1.807) is 0 Å². The molecule has 0 saturated carbocycles. The second kappa shape index (κ2) is 18.8. The van der Waals surface area contributed by atoms with Crippen LogP contribution in [0.3, 0.4) is 0 Å². The summed E-state index contributed by atoms with van der Waals surface area (Å²) in [5, 5.41) is 0. The van der Waals surface area contributed by atoms with E-state index in [2.05, 4.69) is 140 Å². The molecule has 9 aromatic rings. The van der Waals surface area contributed by atoms with E-state index < -0.39 is 0 Å². The Labute approximate surface area is 360 Å². The molecule has 3 nitrogen and oxygen atoms in total. The van der Waals surface area contributed by atoms with E-state index in [4.69, 9.17) is 15.0 Å². The normalized spacial score (nSPS) is 10.8. The van der Waals surface area contributed by atoms with Crippen LogP contribution < -0.4 is 0 Å². The van der Waals surface area contributed by atoms with Gasteiger partial charge in [-0.1, -0.05) is 120 Å². The number of hydrogen-bond acceptors (Lipinski definition) is 3. The summed E-state index contributed by atoms with van der Waals surface area (Å²) < 4.78 is 0. The SMILES string of the molecule is [Ir+3].[c-]1ccccc1-c1ccc(CCc2cc(CCc3ccc(-c4[c-]cccc4)nc3)cc(-c3ccccc3-c3ccc(-c4[c-]c(-c5ccccc5)ccc4)nc3)c2)cn1. The standard InChI is InChI=1S/C55H40N3.Ir/c1-4-13-44(14-5-1)47-19-12-20-48(36-47)55-32-29-49(39-58-55)51-21-10-11-22-52(51)50-34-42(25-23-40-27-30-53(56-37-40)45-15-6-2-7-16-45)33-43(35-50)26-24-41-28-31-54(57-38-41)46-17-8-3-9-18-46;/h1-15,17,19-22,27-35,37-39H,23-26H2;/q-3;+3. The van der Waals surface area contributed by atoms with Gasteiger partial charge in [0.15, 0.2) is 0 Å². The molecule has 0 amide bonds. The van der Waals surface area contributed by atoms with Crippen LogP contribution in [0, 0.1) is 18.2 Å². The molecule has 0 unspecified atom stereocenters. The molecule has 6 aromatic carbocycles. The Kier molecular flexibility index (Phi) is 12.5. The van der Waals surface area contributed by atoms with Gasteiger partial charge >= 0.3 is 20.1 Å². The van der Waals surface area contributed by atoms with Crippen molar-refractivity contribution in [1.82, 2.24) is 15.0 Å². The molecule has 0 radical (unpaired) electrons. The molecule has 0 atom stereocenters. The van der Waals surface area contributed by atoms with Gasteiger partial charge in [-0.05, 0) is 81.6 Å². The summed E-state index contributed by atoms with van der Waals surface area (Å²) in [6.07, 6.45) is 9.60. The van der Waals surface area contributed by atoms with Gasteiger partial charge in [-0.3, -0.25) is 4.98 Å². The Morgan fingerprint density at radius 2 is 0.831 bits per heavy atom. The van der Waals surface area contributed by atoms with Crippen molar-refractivity contribution in [2.24, 2.45) is 0 Å². The molecule has 284 valence electrons. The number of aromatic nitrogens is 3. The van der Waals surface area contributed by atoms with E-state index in [1.807, 2.05) is 73.2 Å². The molecule has 0 aliphatic carbocycles. The first-order chi connectivity index (χ1) is 28.7. The van der Waals surface area contributed by atoms with Crippen molar-refractivity contribution in [2.45, 2.75) is 25.7 Å². The molecule has 4 heteroatoms. The molecule has 0 aliphatic rings. The molecule has 0 bridgehead atoms. The average Bonchev–Trinajstić information content (AvgIpc) is 3.31. The van der Waals surface area contributed by atoms with E-state index in [-0.39, 0.29) is 20.1 Å². The molecule has 0 fully saturated rings. The Hall–Kier alpha value is -6.58. The summed E-state index contributed by atoms with van der Waals surface area (Å²) in [4.78, 5) is 14.5. The smallest absolute Gasteiger partial charge is 0.304 e. The van der Waals surface area contributed by atoms with Crippen LogP contribution in [-0.2, 0) is 45.8 Å². The molecule has 3 aromatic heterocycles. The van der Waals surface area contributed by atoms with Crippen LogP contribution in [-0.4, -0.2) is 15.0 Å². The average molecular weight is 935 g/mol. The van der Waals surface area contributed by atoms with Gasteiger partial charge in [0.25, 0.3) is 0 Å². The van der Waals surface area contributed by atoms with Gasteiger partial charge in [0, 0.05) is 24.3 Å². The molecular formula is C55H40IrN3. The predicted molar refractivity (Wildman–Crippen MR) is 237 cm³/mol. The van der Waals surface area contributed by atoms with E-state index >= 15 is 0 Å². The van der Waals surface area contributed by atoms with Gasteiger partial charge in [-0.15, -0.1) is 102 Å². The molecule has 9 rings (SSSR count). The van der Waals surface area contributed by atoms with Crippen molar-refractivity contribution in [2.75, 3.05) is 0 Å². The summed E-state index contributed by atoms with van der Waals surface area (Å²) in [7, 11) is 0. The van der Waals surface area contributed by atoms with Crippen LogP contribution in [0.25, 0.3) is 67.2 Å². The zero-order chi connectivity index (χ0) is 38.9. The minimum absolute atomic E-state index is 0. The summed E-state index contributed by atoms with van der Waals surface area (Å²) >= 11 is 0. The minimum atomic E-state index is 0. The van der Waals surface area contributed by atoms with Crippen molar-refractivity contribution in [1.29, 1.82) is 0 Å². The zero-order valence-electron chi connectivity index (χ0n) is 32.5. The zero-order valence-corrected chi connectivity index (χ0v) is 34.9. The maximum absolute atomic E-state index is 4.96. The van der Waals surface area contributed by atoms with Crippen LogP contribution in [0.1, 0.15) is 22.3 Å². The van der Waals surface area contributed by atoms with Gasteiger partial charge in [-0.25, -0.2) is 0 Å². The van der Waals surface area contributed by atoms with Crippen molar-refractivity contribution in [3.05, 3.63) is 235 Å². The van der Waals surface area contributed by atoms with Crippen LogP contribution in [0.5, 0.6) is 0 Å². The molecule has 0 N–H and O–H groups in total. The maximum atomic E-state index is 4.96. The quantitative estimate of drug-likeness (QED) is 0.115. The first-order valence-corrected chi connectivity index (χ1v) is 19.8. The fraction of sp³-hybridized carbons (Fsp3) is 0.0727.